The number of benzene rings is 1. The second-order valence-corrected chi connectivity index (χ2v) is 9.14. The summed E-state index contributed by atoms with van der Waals surface area (Å²) in [5.41, 5.74) is 0.576. The highest BCUT2D eigenvalue weighted by atomic mass is 32.1. The van der Waals surface area contributed by atoms with Crippen LogP contribution < -0.4 is 10.6 Å². The zero-order valence-electron chi connectivity index (χ0n) is 15.5. The molecule has 0 aliphatic rings. The van der Waals surface area contributed by atoms with Crippen LogP contribution in [-0.4, -0.2) is 28.5 Å². The van der Waals surface area contributed by atoms with Gasteiger partial charge in [0.1, 0.15) is 9.71 Å². The van der Waals surface area contributed by atoms with E-state index >= 15 is 0 Å². The minimum atomic E-state index is -0.861. The lowest BCUT2D eigenvalue weighted by Crippen LogP contribution is -2.46. The highest BCUT2D eigenvalue weighted by molar-refractivity contribution is 7.29. The van der Waals surface area contributed by atoms with Gasteiger partial charge < -0.3 is 15.4 Å². The molecule has 0 saturated carbocycles. The molecule has 3 rings (SSSR count). The Kier molecular flexibility index (Phi) is 5.48. The molecule has 1 amide bonds. The number of ether oxygens (including phenoxy) is 1. The predicted molar refractivity (Wildman–Crippen MR) is 110 cm³/mol. The molecule has 8 heteroatoms. The molecule has 142 valence electrons. The summed E-state index contributed by atoms with van der Waals surface area (Å²) in [6.45, 7) is 7.19. The number of esters is 1. The van der Waals surface area contributed by atoms with Crippen molar-refractivity contribution in [3.63, 3.8) is 0 Å². The lowest BCUT2D eigenvalue weighted by atomic mass is 10.1. The van der Waals surface area contributed by atoms with Crippen molar-refractivity contribution in [1.29, 1.82) is 0 Å². The minimum absolute atomic E-state index is 0.318. The Hall–Kier alpha value is -2.45. The van der Waals surface area contributed by atoms with Crippen molar-refractivity contribution in [1.82, 2.24) is 10.3 Å². The van der Waals surface area contributed by atoms with Gasteiger partial charge in [-0.15, -0.1) is 11.3 Å². The number of carbonyl (C=O) groups excluding carboxylic acids is 2. The van der Waals surface area contributed by atoms with E-state index in [0.717, 1.165) is 20.3 Å². The number of rotatable bonds is 5. The third kappa shape index (κ3) is 5.05. The highest BCUT2D eigenvalue weighted by Crippen LogP contribution is 2.34. The monoisotopic (exact) mass is 403 g/mol. The first-order chi connectivity index (χ1) is 12.7. The molecule has 2 aromatic heterocycles. The van der Waals surface area contributed by atoms with Crippen LogP contribution in [0.15, 0.2) is 36.4 Å². The number of nitrogens with zero attached hydrogens (tertiary/aromatic N) is 1. The van der Waals surface area contributed by atoms with Gasteiger partial charge in [-0.3, -0.25) is 4.79 Å². The van der Waals surface area contributed by atoms with Crippen LogP contribution in [0.3, 0.4) is 0 Å². The van der Waals surface area contributed by atoms with Gasteiger partial charge in [-0.05, 0) is 45.9 Å². The number of aromatic nitrogens is 1. The van der Waals surface area contributed by atoms with Crippen molar-refractivity contribution in [2.45, 2.75) is 39.3 Å². The van der Waals surface area contributed by atoms with Crippen LogP contribution in [0.1, 0.15) is 37.4 Å². The molecule has 1 unspecified atom stereocenters. The predicted octanol–water partition coefficient (Wildman–Crippen LogP) is 4.56. The van der Waals surface area contributed by atoms with E-state index in [1.54, 1.807) is 13.0 Å². The summed E-state index contributed by atoms with van der Waals surface area (Å²) in [6, 6.07) is 11.5. The number of hydrogen-bond donors (Lipinski definition) is 2. The maximum Gasteiger partial charge on any atom is 0.349 e. The van der Waals surface area contributed by atoms with E-state index < -0.39 is 12.1 Å². The molecule has 0 aliphatic carbocycles. The van der Waals surface area contributed by atoms with Crippen LogP contribution >= 0.6 is 22.7 Å². The van der Waals surface area contributed by atoms with Crippen molar-refractivity contribution < 1.29 is 14.3 Å². The third-order valence-electron chi connectivity index (χ3n) is 3.47. The van der Waals surface area contributed by atoms with Crippen LogP contribution in [-0.2, 0) is 9.53 Å². The van der Waals surface area contributed by atoms with Crippen LogP contribution in [0.4, 0.5) is 10.8 Å². The summed E-state index contributed by atoms with van der Waals surface area (Å²) in [7, 11) is 0. The van der Waals surface area contributed by atoms with Crippen molar-refractivity contribution in [3.8, 4) is 0 Å². The average Bonchev–Trinajstić information content (AvgIpc) is 3.12. The summed E-state index contributed by atoms with van der Waals surface area (Å²) < 4.78 is 6.19. The minimum Gasteiger partial charge on any atom is -0.448 e. The number of thiophene rings is 1. The van der Waals surface area contributed by atoms with E-state index in [-0.39, 0.29) is 11.4 Å². The third-order valence-corrected chi connectivity index (χ3v) is 5.52. The number of amides is 1. The molecule has 2 N–H and O–H groups in total. The molecule has 0 spiro atoms. The van der Waals surface area contributed by atoms with Gasteiger partial charge >= 0.3 is 5.97 Å². The van der Waals surface area contributed by atoms with Gasteiger partial charge in [-0.1, -0.05) is 29.5 Å². The van der Waals surface area contributed by atoms with Crippen LogP contribution in [0.5, 0.6) is 0 Å². The molecule has 0 fully saturated rings. The number of nitrogens with one attached hydrogen (secondary N) is 2. The van der Waals surface area contributed by atoms with Crippen LogP contribution in [0.2, 0.25) is 0 Å². The van der Waals surface area contributed by atoms with E-state index in [2.05, 4.69) is 15.6 Å². The van der Waals surface area contributed by atoms with Gasteiger partial charge in [0, 0.05) is 11.2 Å². The lowest BCUT2D eigenvalue weighted by Gasteiger charge is -2.23. The number of thiazole rings is 1. The van der Waals surface area contributed by atoms with Gasteiger partial charge in [-0.2, -0.15) is 0 Å². The Morgan fingerprint density at radius 3 is 2.48 bits per heavy atom. The number of anilines is 2. The number of fused-ring (bicyclic) bond motifs is 1. The summed E-state index contributed by atoms with van der Waals surface area (Å²) in [5, 5.41) is 6.80. The second-order valence-electron chi connectivity index (χ2n) is 7.08. The molecule has 0 bridgehead atoms. The summed E-state index contributed by atoms with van der Waals surface area (Å²) in [6.07, 6.45) is -0.861. The molecule has 0 radical (unpaired) electrons. The van der Waals surface area contributed by atoms with E-state index in [4.69, 9.17) is 4.74 Å². The number of hydrogen-bond acceptors (Lipinski definition) is 7. The van der Waals surface area contributed by atoms with Gasteiger partial charge in [0.2, 0.25) is 0 Å². The highest BCUT2D eigenvalue weighted by Gasteiger charge is 2.24. The lowest BCUT2D eigenvalue weighted by molar-refractivity contribution is -0.130. The average molecular weight is 404 g/mol. The summed E-state index contributed by atoms with van der Waals surface area (Å²) in [4.78, 5) is 30.1. The molecule has 1 atom stereocenters. The first-order valence-electron chi connectivity index (χ1n) is 8.47. The van der Waals surface area contributed by atoms with Crippen molar-refractivity contribution >= 4 is 54.9 Å². The fraction of sp³-hybridized carbons (Fsp3) is 0.316. The van der Waals surface area contributed by atoms with Gasteiger partial charge in [0.05, 0.1) is 4.70 Å². The topological polar surface area (TPSA) is 80.3 Å². The van der Waals surface area contributed by atoms with E-state index in [1.807, 2.05) is 51.1 Å². The quantitative estimate of drug-likeness (QED) is 0.611. The molecule has 27 heavy (non-hydrogen) atoms. The van der Waals surface area contributed by atoms with Crippen molar-refractivity contribution in [2.75, 3.05) is 5.32 Å². The van der Waals surface area contributed by atoms with Crippen LogP contribution in [0, 0.1) is 0 Å². The van der Waals surface area contributed by atoms with Crippen molar-refractivity contribution in [3.05, 3.63) is 41.3 Å². The zero-order valence-corrected chi connectivity index (χ0v) is 17.2. The molecule has 6 nitrogen and oxygen atoms in total. The van der Waals surface area contributed by atoms with E-state index in [1.165, 1.54) is 22.7 Å². The first-order valence-corrected chi connectivity index (χ1v) is 10.1. The fourth-order valence-corrected chi connectivity index (χ4v) is 4.30. The number of para-hydroxylation sites is 1. The smallest absolute Gasteiger partial charge is 0.349 e. The maximum absolute atomic E-state index is 12.3. The summed E-state index contributed by atoms with van der Waals surface area (Å²) in [5.74, 6) is -0.832. The molecule has 0 saturated heterocycles. The van der Waals surface area contributed by atoms with Gasteiger partial charge in [-0.25, -0.2) is 9.78 Å². The zero-order chi connectivity index (χ0) is 19.6. The molecule has 1 aromatic carbocycles. The Morgan fingerprint density at radius 1 is 1.15 bits per heavy atom. The molecular weight excluding hydrogens is 382 g/mol. The second kappa shape index (κ2) is 7.66. The largest absolute Gasteiger partial charge is 0.448 e. The maximum atomic E-state index is 12.3. The Morgan fingerprint density at radius 2 is 1.85 bits per heavy atom. The van der Waals surface area contributed by atoms with Crippen LogP contribution in [0.25, 0.3) is 9.53 Å². The van der Waals surface area contributed by atoms with Gasteiger partial charge in [0.15, 0.2) is 11.2 Å². The summed E-state index contributed by atoms with van der Waals surface area (Å²) >= 11 is 2.72. The standard InChI is InChI=1S/C19H21N3O3S2/c1-11(15(23)22-19(2,3)4)25-17(24)14-10-13-16(26-14)21-18(27-13)20-12-8-6-5-7-9-12/h5-11H,1-4H3,(H,20,21)(H,22,23). The Bertz CT molecular complexity index is 926. The van der Waals surface area contributed by atoms with Crippen molar-refractivity contribution in [2.24, 2.45) is 0 Å². The fourth-order valence-electron chi connectivity index (χ4n) is 2.28. The molecular formula is C19H21N3O3S2. The molecule has 0 aliphatic heterocycles. The first kappa shape index (κ1) is 19.3. The number of carbonyl (C=O) groups is 2. The normalized spacial score (nSPS) is 12.6. The molecule has 3 aromatic rings. The van der Waals surface area contributed by atoms with Gasteiger partial charge in [0.25, 0.3) is 5.91 Å². The van der Waals surface area contributed by atoms with E-state index in [0.29, 0.717) is 4.88 Å². The Labute approximate surface area is 165 Å². The molecule has 2 heterocycles. The van der Waals surface area contributed by atoms with E-state index in [9.17, 15) is 9.59 Å². The Balaban J connectivity index is 1.66. The SMILES string of the molecule is CC(OC(=O)c1cc2sc(Nc3ccccc3)nc2s1)C(=O)NC(C)(C)C.